The van der Waals surface area contributed by atoms with E-state index in [1.807, 2.05) is 13.8 Å². The first-order valence-electron chi connectivity index (χ1n) is 7.01. The van der Waals surface area contributed by atoms with Crippen molar-refractivity contribution >= 4 is 17.6 Å². The van der Waals surface area contributed by atoms with Crippen LogP contribution in [0.2, 0.25) is 0 Å². The smallest absolute Gasteiger partial charge is 0.322 e. The molecule has 1 aliphatic rings. The molecule has 0 spiro atoms. The predicted octanol–water partition coefficient (Wildman–Crippen LogP) is 1.61. The molecule has 6 nitrogen and oxygen atoms in total. The first kappa shape index (κ1) is 15.3. The van der Waals surface area contributed by atoms with E-state index < -0.39 is 0 Å². The summed E-state index contributed by atoms with van der Waals surface area (Å²) in [6, 6.07) is 5.07. The average molecular weight is 291 g/mol. The fraction of sp³-hybridized carbons (Fsp3) is 0.467. The minimum atomic E-state index is -0.141. The Labute approximate surface area is 124 Å². The summed E-state index contributed by atoms with van der Waals surface area (Å²) in [7, 11) is 1.59. The molecule has 0 saturated carbocycles. The van der Waals surface area contributed by atoms with Gasteiger partial charge in [-0.1, -0.05) is 0 Å². The van der Waals surface area contributed by atoms with Crippen LogP contribution in [0.4, 0.5) is 10.5 Å². The number of hydrogen-bond donors (Lipinski definition) is 2. The van der Waals surface area contributed by atoms with Gasteiger partial charge < -0.3 is 20.3 Å². The van der Waals surface area contributed by atoms with E-state index in [4.69, 9.17) is 4.74 Å². The van der Waals surface area contributed by atoms with Crippen LogP contribution in [0.5, 0.6) is 0 Å². The summed E-state index contributed by atoms with van der Waals surface area (Å²) in [4.78, 5) is 25.5. The predicted molar refractivity (Wildman–Crippen MR) is 80.6 cm³/mol. The number of hydrogen-bond acceptors (Lipinski definition) is 3. The van der Waals surface area contributed by atoms with E-state index in [1.54, 1.807) is 30.1 Å². The molecule has 0 aliphatic carbocycles. The second-order valence-corrected chi connectivity index (χ2v) is 5.17. The Balaban J connectivity index is 2.05. The summed E-state index contributed by atoms with van der Waals surface area (Å²) in [5.74, 6) is -0.141. The van der Waals surface area contributed by atoms with E-state index in [0.29, 0.717) is 30.9 Å². The maximum atomic E-state index is 12.2. The summed E-state index contributed by atoms with van der Waals surface area (Å²) >= 11 is 0. The number of nitrogens with zero attached hydrogens (tertiary/aromatic N) is 1. The number of rotatable bonds is 2. The lowest BCUT2D eigenvalue weighted by atomic mass is 10.1. The molecular weight excluding hydrogens is 270 g/mol. The molecule has 1 unspecified atom stereocenters. The Morgan fingerprint density at radius 3 is 2.76 bits per heavy atom. The number of carbonyl (C=O) groups is 2. The van der Waals surface area contributed by atoms with Crippen molar-refractivity contribution in [2.24, 2.45) is 0 Å². The summed E-state index contributed by atoms with van der Waals surface area (Å²) in [6.07, 6.45) is 0.0567. The third kappa shape index (κ3) is 3.72. The molecule has 1 saturated heterocycles. The van der Waals surface area contributed by atoms with Crippen LogP contribution in [-0.4, -0.2) is 49.7 Å². The van der Waals surface area contributed by atoms with Gasteiger partial charge in [0.1, 0.15) is 0 Å². The third-order valence-corrected chi connectivity index (χ3v) is 3.49. The highest BCUT2D eigenvalue weighted by Crippen LogP contribution is 2.18. The number of morpholine rings is 1. The quantitative estimate of drug-likeness (QED) is 0.869. The summed E-state index contributed by atoms with van der Waals surface area (Å²) in [6.45, 7) is 5.54. The fourth-order valence-corrected chi connectivity index (χ4v) is 2.29. The van der Waals surface area contributed by atoms with Gasteiger partial charge in [0, 0.05) is 31.4 Å². The Bertz CT molecular complexity index is 545. The number of ether oxygens (including phenoxy) is 1. The number of urea groups is 1. The maximum Gasteiger partial charge on any atom is 0.322 e. The maximum absolute atomic E-state index is 12.2. The molecule has 1 aromatic rings. The van der Waals surface area contributed by atoms with E-state index >= 15 is 0 Å². The highest BCUT2D eigenvalue weighted by atomic mass is 16.5. The zero-order valence-corrected chi connectivity index (χ0v) is 12.6. The molecule has 114 valence electrons. The first-order valence-corrected chi connectivity index (χ1v) is 7.01. The molecule has 1 fully saturated rings. The minimum Gasteiger partial charge on any atom is -0.375 e. The Hall–Kier alpha value is -2.08. The molecule has 1 heterocycles. The molecule has 1 aliphatic heterocycles. The zero-order chi connectivity index (χ0) is 15.4. The van der Waals surface area contributed by atoms with Crippen LogP contribution in [0, 0.1) is 6.92 Å². The molecule has 0 aromatic heterocycles. The molecule has 2 N–H and O–H groups in total. The van der Waals surface area contributed by atoms with E-state index in [2.05, 4.69) is 10.6 Å². The molecule has 0 bridgehead atoms. The lowest BCUT2D eigenvalue weighted by Gasteiger charge is -2.31. The van der Waals surface area contributed by atoms with Crippen molar-refractivity contribution in [3.63, 3.8) is 0 Å². The van der Waals surface area contributed by atoms with Crippen molar-refractivity contribution in [3.05, 3.63) is 29.3 Å². The largest absolute Gasteiger partial charge is 0.375 e. The van der Waals surface area contributed by atoms with Crippen LogP contribution < -0.4 is 10.6 Å². The van der Waals surface area contributed by atoms with Crippen LogP contribution in [0.1, 0.15) is 22.8 Å². The summed E-state index contributed by atoms with van der Waals surface area (Å²) < 4.78 is 5.42. The van der Waals surface area contributed by atoms with E-state index in [-0.39, 0.29) is 18.0 Å². The van der Waals surface area contributed by atoms with Crippen LogP contribution in [-0.2, 0) is 4.74 Å². The van der Waals surface area contributed by atoms with Gasteiger partial charge in [0.2, 0.25) is 0 Å². The van der Waals surface area contributed by atoms with Crippen LogP contribution >= 0.6 is 0 Å². The molecular formula is C15H21N3O3. The standard InChI is InChI=1S/C15H21N3O3/c1-10-8-12(14(19)16-3)4-5-13(10)17-15(20)18-6-7-21-11(2)9-18/h4-5,8,11H,6-7,9H2,1-3H3,(H,16,19)(H,17,20). The minimum absolute atomic E-state index is 0.0567. The van der Waals surface area contributed by atoms with Gasteiger partial charge in [-0.25, -0.2) is 4.79 Å². The van der Waals surface area contributed by atoms with Gasteiger partial charge in [-0.2, -0.15) is 0 Å². The first-order chi connectivity index (χ1) is 10.0. The van der Waals surface area contributed by atoms with Gasteiger partial charge in [0.05, 0.1) is 12.7 Å². The van der Waals surface area contributed by atoms with Crippen LogP contribution in [0.15, 0.2) is 18.2 Å². The number of anilines is 1. The van der Waals surface area contributed by atoms with Gasteiger partial charge in [-0.05, 0) is 37.6 Å². The number of nitrogens with one attached hydrogen (secondary N) is 2. The van der Waals surface area contributed by atoms with Crippen molar-refractivity contribution in [1.82, 2.24) is 10.2 Å². The monoisotopic (exact) mass is 291 g/mol. The van der Waals surface area contributed by atoms with Crippen molar-refractivity contribution < 1.29 is 14.3 Å². The number of carbonyl (C=O) groups excluding carboxylic acids is 2. The topological polar surface area (TPSA) is 70.7 Å². The van der Waals surface area contributed by atoms with Crippen LogP contribution in [0.3, 0.4) is 0 Å². The highest BCUT2D eigenvalue weighted by molar-refractivity contribution is 5.96. The second-order valence-electron chi connectivity index (χ2n) is 5.17. The fourth-order valence-electron chi connectivity index (χ4n) is 2.29. The molecule has 21 heavy (non-hydrogen) atoms. The number of benzene rings is 1. The molecule has 3 amide bonds. The Morgan fingerprint density at radius 1 is 1.38 bits per heavy atom. The lowest BCUT2D eigenvalue weighted by molar-refractivity contribution is -0.00138. The highest BCUT2D eigenvalue weighted by Gasteiger charge is 2.21. The third-order valence-electron chi connectivity index (χ3n) is 3.49. The summed E-state index contributed by atoms with van der Waals surface area (Å²) in [5.41, 5.74) is 2.14. The van der Waals surface area contributed by atoms with Crippen molar-refractivity contribution in [1.29, 1.82) is 0 Å². The number of aryl methyl sites for hydroxylation is 1. The van der Waals surface area contributed by atoms with Crippen molar-refractivity contribution in [2.45, 2.75) is 20.0 Å². The molecule has 6 heteroatoms. The lowest BCUT2D eigenvalue weighted by Crippen LogP contribution is -2.46. The average Bonchev–Trinajstić information content (AvgIpc) is 2.48. The zero-order valence-electron chi connectivity index (χ0n) is 12.6. The van der Waals surface area contributed by atoms with E-state index in [1.165, 1.54) is 0 Å². The normalized spacial score (nSPS) is 18.2. The Kier molecular flexibility index (Phi) is 4.80. The summed E-state index contributed by atoms with van der Waals surface area (Å²) in [5, 5.41) is 5.46. The van der Waals surface area contributed by atoms with Gasteiger partial charge >= 0.3 is 6.03 Å². The van der Waals surface area contributed by atoms with Gasteiger partial charge in [-0.15, -0.1) is 0 Å². The van der Waals surface area contributed by atoms with Gasteiger partial charge in [0.25, 0.3) is 5.91 Å². The van der Waals surface area contributed by atoms with Gasteiger partial charge in [0.15, 0.2) is 0 Å². The Morgan fingerprint density at radius 2 is 2.14 bits per heavy atom. The SMILES string of the molecule is CNC(=O)c1ccc(NC(=O)N2CCOC(C)C2)c(C)c1. The molecule has 1 aromatic carbocycles. The molecule has 2 rings (SSSR count). The van der Waals surface area contributed by atoms with Crippen LogP contribution in [0.25, 0.3) is 0 Å². The van der Waals surface area contributed by atoms with Gasteiger partial charge in [-0.3, -0.25) is 4.79 Å². The van der Waals surface area contributed by atoms with E-state index in [0.717, 1.165) is 5.56 Å². The molecule has 1 atom stereocenters. The molecule has 0 radical (unpaired) electrons. The van der Waals surface area contributed by atoms with E-state index in [9.17, 15) is 9.59 Å². The second kappa shape index (κ2) is 6.58. The van der Waals surface area contributed by atoms with Crippen molar-refractivity contribution in [2.75, 3.05) is 32.1 Å². The van der Waals surface area contributed by atoms with Crippen molar-refractivity contribution in [3.8, 4) is 0 Å². The number of amides is 3.